The maximum Gasteiger partial charge on any atom is 0.409 e. The van der Waals surface area contributed by atoms with E-state index < -0.39 is 0 Å². The van der Waals surface area contributed by atoms with Crippen LogP contribution >= 0.6 is 11.6 Å². The number of hydrogen-bond donors (Lipinski definition) is 2. The number of likely N-dealkylation sites (tertiary alicyclic amines) is 1. The van der Waals surface area contributed by atoms with E-state index in [1.165, 1.54) is 0 Å². The molecule has 2 N–H and O–H groups in total. The highest BCUT2D eigenvalue weighted by molar-refractivity contribution is 6.31. The van der Waals surface area contributed by atoms with Crippen molar-refractivity contribution < 1.29 is 14.3 Å². The standard InChI is InChI=1S/C16H22ClN3O3/c1-3-23-16(22)20-8-6-13(7-9-20)18-15(21)19-14-10-12(17)5-4-11(14)2/h4-5,10,13H,3,6-9H2,1-2H3,(H2,18,19,21). The van der Waals surface area contributed by atoms with Crippen LogP contribution < -0.4 is 10.6 Å². The van der Waals surface area contributed by atoms with Gasteiger partial charge < -0.3 is 20.3 Å². The van der Waals surface area contributed by atoms with Gasteiger partial charge in [0, 0.05) is 29.8 Å². The van der Waals surface area contributed by atoms with Crippen molar-refractivity contribution in [2.45, 2.75) is 32.7 Å². The summed E-state index contributed by atoms with van der Waals surface area (Å²) in [5.41, 5.74) is 1.64. The second-order valence-corrected chi connectivity index (χ2v) is 5.95. The van der Waals surface area contributed by atoms with E-state index in [1.807, 2.05) is 13.0 Å². The normalized spacial score (nSPS) is 15.2. The number of carbonyl (C=O) groups excluding carboxylic acids is 2. The smallest absolute Gasteiger partial charge is 0.409 e. The van der Waals surface area contributed by atoms with E-state index in [2.05, 4.69) is 10.6 Å². The van der Waals surface area contributed by atoms with E-state index in [0.717, 1.165) is 5.56 Å². The molecule has 0 aliphatic carbocycles. The Hall–Kier alpha value is -1.95. The molecule has 23 heavy (non-hydrogen) atoms. The second kappa shape index (κ2) is 8.06. The van der Waals surface area contributed by atoms with Gasteiger partial charge in [-0.05, 0) is 44.4 Å². The zero-order valence-corrected chi connectivity index (χ0v) is 14.2. The summed E-state index contributed by atoms with van der Waals surface area (Å²) in [6.07, 6.45) is 1.13. The summed E-state index contributed by atoms with van der Waals surface area (Å²) in [5.74, 6) is 0. The number of halogens is 1. The monoisotopic (exact) mass is 339 g/mol. The predicted molar refractivity (Wildman–Crippen MR) is 90.0 cm³/mol. The van der Waals surface area contributed by atoms with Crippen LogP contribution in [0.5, 0.6) is 0 Å². The molecule has 0 spiro atoms. The number of aryl methyl sites for hydroxylation is 1. The zero-order valence-electron chi connectivity index (χ0n) is 13.4. The fourth-order valence-electron chi connectivity index (χ4n) is 2.49. The summed E-state index contributed by atoms with van der Waals surface area (Å²) in [4.78, 5) is 25.4. The summed E-state index contributed by atoms with van der Waals surface area (Å²) in [7, 11) is 0. The van der Waals surface area contributed by atoms with Crippen molar-refractivity contribution in [3.63, 3.8) is 0 Å². The lowest BCUT2D eigenvalue weighted by Crippen LogP contribution is -2.47. The molecule has 0 radical (unpaired) electrons. The van der Waals surface area contributed by atoms with Gasteiger partial charge in [-0.25, -0.2) is 9.59 Å². The number of amides is 3. The molecule has 1 heterocycles. The van der Waals surface area contributed by atoms with Crippen molar-refractivity contribution in [2.24, 2.45) is 0 Å². The minimum atomic E-state index is -0.287. The lowest BCUT2D eigenvalue weighted by atomic mass is 10.1. The summed E-state index contributed by atoms with van der Waals surface area (Å²) in [6.45, 7) is 5.23. The fraction of sp³-hybridized carbons (Fsp3) is 0.500. The molecule has 126 valence electrons. The maximum atomic E-state index is 12.1. The predicted octanol–water partition coefficient (Wildman–Crippen LogP) is 3.39. The summed E-state index contributed by atoms with van der Waals surface area (Å²) < 4.78 is 4.98. The van der Waals surface area contributed by atoms with Gasteiger partial charge in [-0.1, -0.05) is 17.7 Å². The van der Waals surface area contributed by atoms with Crippen molar-refractivity contribution >= 4 is 29.4 Å². The Morgan fingerprint density at radius 1 is 1.35 bits per heavy atom. The Morgan fingerprint density at radius 3 is 2.70 bits per heavy atom. The van der Waals surface area contributed by atoms with Gasteiger partial charge >= 0.3 is 12.1 Å². The molecule has 0 bridgehead atoms. The van der Waals surface area contributed by atoms with Crippen molar-refractivity contribution in [2.75, 3.05) is 25.0 Å². The molecule has 1 aliphatic heterocycles. The Kier molecular flexibility index (Phi) is 6.10. The molecule has 0 unspecified atom stereocenters. The molecule has 6 nitrogen and oxygen atoms in total. The molecule has 1 aromatic rings. The molecule has 2 rings (SSSR count). The van der Waals surface area contributed by atoms with Gasteiger partial charge in [0.25, 0.3) is 0 Å². The van der Waals surface area contributed by atoms with Crippen LogP contribution in [0.4, 0.5) is 15.3 Å². The molecule has 7 heteroatoms. The number of anilines is 1. The number of piperidine rings is 1. The highest BCUT2D eigenvalue weighted by atomic mass is 35.5. The van der Waals surface area contributed by atoms with Crippen LogP contribution in [0.2, 0.25) is 5.02 Å². The highest BCUT2D eigenvalue weighted by Crippen LogP contribution is 2.20. The molecule has 1 fully saturated rings. The molecule has 0 aromatic heterocycles. The van der Waals surface area contributed by atoms with Gasteiger partial charge in [0.1, 0.15) is 0 Å². The molecule has 1 aliphatic rings. The summed E-state index contributed by atoms with van der Waals surface area (Å²) in [5, 5.41) is 6.32. The Morgan fingerprint density at radius 2 is 2.04 bits per heavy atom. The molecule has 0 atom stereocenters. The van der Waals surface area contributed by atoms with E-state index in [0.29, 0.717) is 43.2 Å². The van der Waals surface area contributed by atoms with Gasteiger partial charge in [0.05, 0.1) is 6.61 Å². The maximum absolute atomic E-state index is 12.1. The van der Waals surface area contributed by atoms with Gasteiger partial charge in [-0.2, -0.15) is 0 Å². The van der Waals surface area contributed by atoms with Crippen LogP contribution in [0.1, 0.15) is 25.3 Å². The first-order valence-corrected chi connectivity index (χ1v) is 8.12. The van der Waals surface area contributed by atoms with E-state index in [4.69, 9.17) is 16.3 Å². The molecule has 1 saturated heterocycles. The Balaban J connectivity index is 1.81. The van der Waals surface area contributed by atoms with E-state index in [-0.39, 0.29) is 18.2 Å². The summed E-state index contributed by atoms with van der Waals surface area (Å²) >= 11 is 5.94. The Bertz CT molecular complexity index is 572. The molecule has 1 aromatic carbocycles. The quantitative estimate of drug-likeness (QED) is 0.886. The summed E-state index contributed by atoms with van der Waals surface area (Å²) in [6, 6.07) is 5.14. The number of ether oxygens (including phenoxy) is 1. The molecule has 3 amide bonds. The van der Waals surface area contributed by atoms with Crippen LogP contribution in [0.25, 0.3) is 0 Å². The van der Waals surface area contributed by atoms with Crippen molar-refractivity contribution in [3.8, 4) is 0 Å². The van der Waals surface area contributed by atoms with E-state index in [9.17, 15) is 9.59 Å². The van der Waals surface area contributed by atoms with Crippen LogP contribution in [0.3, 0.4) is 0 Å². The topological polar surface area (TPSA) is 70.7 Å². The number of nitrogens with one attached hydrogen (secondary N) is 2. The Labute approximate surface area is 141 Å². The number of nitrogens with zero attached hydrogens (tertiary/aromatic N) is 1. The molecule has 0 saturated carbocycles. The van der Waals surface area contributed by atoms with Crippen LogP contribution in [-0.4, -0.2) is 42.8 Å². The van der Waals surface area contributed by atoms with Crippen molar-refractivity contribution in [1.82, 2.24) is 10.2 Å². The second-order valence-electron chi connectivity index (χ2n) is 5.52. The molecular weight excluding hydrogens is 318 g/mol. The van der Waals surface area contributed by atoms with Gasteiger partial charge in [-0.15, -0.1) is 0 Å². The number of carbonyl (C=O) groups is 2. The lowest BCUT2D eigenvalue weighted by Gasteiger charge is -2.31. The molecular formula is C16H22ClN3O3. The van der Waals surface area contributed by atoms with Crippen molar-refractivity contribution in [3.05, 3.63) is 28.8 Å². The average Bonchev–Trinajstić information content (AvgIpc) is 2.52. The zero-order chi connectivity index (χ0) is 16.8. The van der Waals surface area contributed by atoms with Crippen LogP contribution in [0.15, 0.2) is 18.2 Å². The third-order valence-electron chi connectivity index (χ3n) is 3.80. The minimum Gasteiger partial charge on any atom is -0.450 e. The number of rotatable bonds is 3. The SMILES string of the molecule is CCOC(=O)N1CCC(NC(=O)Nc2cc(Cl)ccc2C)CC1. The third kappa shape index (κ3) is 5.03. The van der Waals surface area contributed by atoms with Crippen molar-refractivity contribution in [1.29, 1.82) is 0 Å². The number of urea groups is 1. The minimum absolute atomic E-state index is 0.0418. The largest absolute Gasteiger partial charge is 0.450 e. The first-order chi connectivity index (χ1) is 11.0. The average molecular weight is 340 g/mol. The van der Waals surface area contributed by atoms with Crippen LogP contribution in [-0.2, 0) is 4.74 Å². The van der Waals surface area contributed by atoms with Gasteiger partial charge in [0.2, 0.25) is 0 Å². The van der Waals surface area contributed by atoms with E-state index >= 15 is 0 Å². The fourth-order valence-corrected chi connectivity index (χ4v) is 2.67. The number of benzene rings is 1. The van der Waals surface area contributed by atoms with Crippen LogP contribution in [0, 0.1) is 6.92 Å². The lowest BCUT2D eigenvalue weighted by molar-refractivity contribution is 0.0959. The third-order valence-corrected chi connectivity index (χ3v) is 4.04. The first kappa shape index (κ1) is 17.4. The first-order valence-electron chi connectivity index (χ1n) is 7.75. The highest BCUT2D eigenvalue weighted by Gasteiger charge is 2.24. The van der Waals surface area contributed by atoms with E-state index in [1.54, 1.807) is 24.0 Å². The number of hydrogen-bond acceptors (Lipinski definition) is 3. The van der Waals surface area contributed by atoms with Gasteiger partial charge in [-0.3, -0.25) is 0 Å². The van der Waals surface area contributed by atoms with Gasteiger partial charge in [0.15, 0.2) is 0 Å².